The molecule has 2 unspecified atom stereocenters. The predicted molar refractivity (Wildman–Crippen MR) is 104 cm³/mol. The maximum absolute atomic E-state index is 12.4. The van der Waals surface area contributed by atoms with E-state index in [2.05, 4.69) is 10.2 Å². The van der Waals surface area contributed by atoms with E-state index in [-0.39, 0.29) is 11.9 Å². The van der Waals surface area contributed by atoms with Crippen LogP contribution in [0.15, 0.2) is 48.5 Å². The number of ether oxygens (including phenoxy) is 2. The molecule has 0 saturated heterocycles. The third-order valence-corrected chi connectivity index (χ3v) is 4.27. The van der Waals surface area contributed by atoms with Gasteiger partial charge in [-0.25, -0.2) is 0 Å². The molecule has 2 rings (SSSR count). The lowest BCUT2D eigenvalue weighted by Crippen LogP contribution is -2.41. The van der Waals surface area contributed by atoms with Crippen LogP contribution in [0, 0.1) is 6.92 Å². The van der Waals surface area contributed by atoms with Gasteiger partial charge in [0.15, 0.2) is 6.10 Å². The topological polar surface area (TPSA) is 50.8 Å². The van der Waals surface area contributed by atoms with Crippen LogP contribution in [0.2, 0.25) is 0 Å². The monoisotopic (exact) mass is 356 g/mol. The number of benzene rings is 2. The van der Waals surface area contributed by atoms with Crippen LogP contribution in [0.25, 0.3) is 0 Å². The zero-order valence-electron chi connectivity index (χ0n) is 16.2. The van der Waals surface area contributed by atoms with Gasteiger partial charge in [-0.2, -0.15) is 0 Å². The Hall–Kier alpha value is -2.53. The maximum Gasteiger partial charge on any atom is 0.260 e. The molecule has 140 valence electrons. The third-order valence-electron chi connectivity index (χ3n) is 4.27. The molecule has 0 aromatic heterocycles. The van der Waals surface area contributed by atoms with E-state index in [0.717, 1.165) is 16.9 Å². The first-order chi connectivity index (χ1) is 12.4. The summed E-state index contributed by atoms with van der Waals surface area (Å²) in [5.41, 5.74) is 2.24. The fourth-order valence-electron chi connectivity index (χ4n) is 2.66. The fraction of sp³-hybridized carbons (Fsp3) is 0.381. The van der Waals surface area contributed by atoms with Crippen molar-refractivity contribution in [1.82, 2.24) is 10.2 Å². The highest BCUT2D eigenvalue weighted by Gasteiger charge is 2.19. The van der Waals surface area contributed by atoms with Gasteiger partial charge in [0.1, 0.15) is 11.5 Å². The smallest absolute Gasteiger partial charge is 0.260 e. The minimum Gasteiger partial charge on any atom is -0.497 e. The van der Waals surface area contributed by atoms with Gasteiger partial charge in [0.2, 0.25) is 0 Å². The summed E-state index contributed by atoms with van der Waals surface area (Å²) in [6.07, 6.45) is -0.564. The Morgan fingerprint density at radius 3 is 2.42 bits per heavy atom. The average molecular weight is 356 g/mol. The number of hydrogen-bond acceptors (Lipinski definition) is 4. The second-order valence-corrected chi connectivity index (χ2v) is 6.57. The minimum atomic E-state index is -0.564. The van der Waals surface area contributed by atoms with E-state index < -0.39 is 6.10 Å². The van der Waals surface area contributed by atoms with Crippen molar-refractivity contribution < 1.29 is 14.3 Å². The van der Waals surface area contributed by atoms with Gasteiger partial charge in [-0.3, -0.25) is 4.79 Å². The van der Waals surface area contributed by atoms with Crippen LogP contribution in [0.5, 0.6) is 11.5 Å². The zero-order chi connectivity index (χ0) is 19.1. The maximum atomic E-state index is 12.4. The van der Waals surface area contributed by atoms with Crippen LogP contribution < -0.4 is 14.8 Å². The number of carbonyl (C=O) groups excluding carboxylic acids is 1. The number of nitrogens with one attached hydrogen (secondary N) is 1. The summed E-state index contributed by atoms with van der Waals surface area (Å²) in [5.74, 6) is 1.35. The van der Waals surface area contributed by atoms with Crippen LogP contribution in [-0.2, 0) is 4.79 Å². The van der Waals surface area contributed by atoms with E-state index in [9.17, 15) is 4.79 Å². The zero-order valence-corrected chi connectivity index (χ0v) is 16.2. The molecule has 1 amide bonds. The normalized spacial score (nSPS) is 13.2. The van der Waals surface area contributed by atoms with E-state index in [4.69, 9.17) is 9.47 Å². The Morgan fingerprint density at radius 2 is 1.81 bits per heavy atom. The number of carbonyl (C=O) groups is 1. The highest BCUT2D eigenvalue weighted by atomic mass is 16.5. The quantitative estimate of drug-likeness (QED) is 0.789. The van der Waals surface area contributed by atoms with E-state index in [1.165, 1.54) is 0 Å². The van der Waals surface area contributed by atoms with Gasteiger partial charge < -0.3 is 19.7 Å². The van der Waals surface area contributed by atoms with E-state index >= 15 is 0 Å². The SMILES string of the molecule is COc1cccc(C(CNC(=O)C(C)Oc2ccc(C)cc2)N(C)C)c1. The van der Waals surface area contributed by atoms with Crippen LogP contribution in [0.1, 0.15) is 24.1 Å². The summed E-state index contributed by atoms with van der Waals surface area (Å²) in [5, 5.41) is 2.99. The molecule has 0 aliphatic carbocycles. The van der Waals surface area contributed by atoms with Crippen molar-refractivity contribution in [2.75, 3.05) is 27.7 Å². The van der Waals surface area contributed by atoms with Crippen molar-refractivity contribution in [3.05, 3.63) is 59.7 Å². The van der Waals surface area contributed by atoms with E-state index in [1.807, 2.05) is 69.6 Å². The second kappa shape index (κ2) is 9.25. The molecule has 1 N–H and O–H groups in total. The van der Waals surface area contributed by atoms with Gasteiger partial charge in [-0.15, -0.1) is 0 Å². The lowest BCUT2D eigenvalue weighted by atomic mass is 10.1. The number of likely N-dealkylation sites (N-methyl/N-ethyl adjacent to an activating group) is 1. The Balaban J connectivity index is 1.96. The average Bonchev–Trinajstić information content (AvgIpc) is 2.63. The van der Waals surface area contributed by atoms with Gasteiger partial charge in [-0.05, 0) is 57.8 Å². The summed E-state index contributed by atoms with van der Waals surface area (Å²) < 4.78 is 11.0. The molecule has 2 atom stereocenters. The van der Waals surface area contributed by atoms with Crippen molar-refractivity contribution in [1.29, 1.82) is 0 Å². The van der Waals surface area contributed by atoms with Gasteiger partial charge in [0.05, 0.1) is 13.2 Å². The first-order valence-corrected chi connectivity index (χ1v) is 8.72. The molecule has 2 aromatic carbocycles. The summed E-state index contributed by atoms with van der Waals surface area (Å²) in [6.45, 7) is 4.26. The Bertz CT molecular complexity index is 713. The number of methoxy groups -OCH3 is 1. The van der Waals surface area contributed by atoms with Crippen LogP contribution in [-0.4, -0.2) is 44.7 Å². The molecule has 0 radical (unpaired) electrons. The number of nitrogens with zero attached hydrogens (tertiary/aromatic N) is 1. The standard InChI is InChI=1S/C21H28N2O3/c1-15-9-11-18(12-10-15)26-16(2)21(24)22-14-20(23(3)4)17-7-6-8-19(13-17)25-5/h6-13,16,20H,14H2,1-5H3,(H,22,24). The number of rotatable bonds is 8. The van der Waals surface area contributed by atoms with Gasteiger partial charge in [0.25, 0.3) is 5.91 Å². The van der Waals surface area contributed by atoms with Gasteiger partial charge in [-0.1, -0.05) is 29.8 Å². The highest BCUT2D eigenvalue weighted by molar-refractivity contribution is 5.80. The molecule has 0 aliphatic heterocycles. The minimum absolute atomic E-state index is 0.0422. The molecule has 5 heteroatoms. The summed E-state index contributed by atoms with van der Waals surface area (Å²) in [6, 6.07) is 15.6. The van der Waals surface area contributed by atoms with Gasteiger partial charge in [0, 0.05) is 6.54 Å². The molecule has 0 aliphatic rings. The highest BCUT2D eigenvalue weighted by Crippen LogP contribution is 2.22. The molecular weight excluding hydrogens is 328 g/mol. The summed E-state index contributed by atoms with van der Waals surface area (Å²) in [4.78, 5) is 14.5. The van der Waals surface area contributed by atoms with Crippen molar-refractivity contribution in [2.45, 2.75) is 26.0 Å². The van der Waals surface area contributed by atoms with Crippen molar-refractivity contribution in [2.24, 2.45) is 0 Å². The number of amides is 1. The Labute approximate surface area is 155 Å². The first kappa shape index (κ1) is 19.8. The molecule has 26 heavy (non-hydrogen) atoms. The lowest BCUT2D eigenvalue weighted by Gasteiger charge is -2.26. The molecule has 0 bridgehead atoms. The van der Waals surface area contributed by atoms with Crippen molar-refractivity contribution in [3.8, 4) is 11.5 Å². The third kappa shape index (κ3) is 5.49. The summed E-state index contributed by atoms with van der Waals surface area (Å²) >= 11 is 0. The molecule has 0 heterocycles. The Morgan fingerprint density at radius 1 is 1.12 bits per heavy atom. The van der Waals surface area contributed by atoms with Crippen LogP contribution in [0.3, 0.4) is 0 Å². The molecule has 0 spiro atoms. The largest absolute Gasteiger partial charge is 0.497 e. The van der Waals surface area contributed by atoms with Crippen molar-refractivity contribution >= 4 is 5.91 Å². The molecule has 0 saturated carbocycles. The fourth-order valence-corrected chi connectivity index (χ4v) is 2.66. The lowest BCUT2D eigenvalue weighted by molar-refractivity contribution is -0.127. The first-order valence-electron chi connectivity index (χ1n) is 8.72. The number of hydrogen-bond donors (Lipinski definition) is 1. The molecular formula is C21H28N2O3. The molecule has 0 fully saturated rings. The Kier molecular flexibility index (Phi) is 7.04. The van der Waals surface area contributed by atoms with Crippen LogP contribution >= 0.6 is 0 Å². The van der Waals surface area contributed by atoms with E-state index in [1.54, 1.807) is 14.0 Å². The molecule has 5 nitrogen and oxygen atoms in total. The van der Waals surface area contributed by atoms with Gasteiger partial charge >= 0.3 is 0 Å². The second-order valence-electron chi connectivity index (χ2n) is 6.57. The van der Waals surface area contributed by atoms with Crippen LogP contribution in [0.4, 0.5) is 0 Å². The predicted octanol–water partition coefficient (Wildman–Crippen LogP) is 3.19. The summed E-state index contributed by atoms with van der Waals surface area (Å²) in [7, 11) is 5.63. The van der Waals surface area contributed by atoms with Crippen molar-refractivity contribution in [3.63, 3.8) is 0 Å². The van der Waals surface area contributed by atoms with E-state index in [0.29, 0.717) is 12.3 Å². The molecule has 2 aromatic rings. The number of aryl methyl sites for hydroxylation is 1.